The number of cyclic esters (lactones) is 2. The molecule has 4 saturated heterocycles. The van der Waals surface area contributed by atoms with Gasteiger partial charge in [0.1, 0.15) is 35.0 Å². The molecule has 4 fully saturated rings. The van der Waals surface area contributed by atoms with Crippen LogP contribution in [0, 0.1) is 31.9 Å². The summed E-state index contributed by atoms with van der Waals surface area (Å²) in [4.78, 5) is 123. The number of carbonyl (C=O) groups is 8. The average Bonchev–Trinajstić information content (AvgIpc) is 2.24. The summed E-state index contributed by atoms with van der Waals surface area (Å²) in [5.41, 5.74) is 0.305. The monoisotopic (exact) mass is 1220 g/mol. The molecule has 4 heterocycles. The highest BCUT2D eigenvalue weighted by atomic mass is 19.1. The third kappa shape index (κ3) is 20.3. The molecule has 0 unspecified atom stereocenters. The quantitative estimate of drug-likeness (QED) is 0.0322. The Balaban J connectivity index is 0.000000234. The van der Waals surface area contributed by atoms with Crippen molar-refractivity contribution >= 4 is 81.9 Å². The van der Waals surface area contributed by atoms with E-state index in [-0.39, 0.29) is 91.9 Å². The smallest absolute Gasteiger partial charge is 0.414 e. The lowest BCUT2D eigenvalue weighted by Gasteiger charge is -2.36. The number of non-ortho nitro benzene ring substituents is 2. The highest BCUT2D eigenvalue weighted by Crippen LogP contribution is 2.31. The lowest BCUT2D eigenvalue weighted by Crippen LogP contribution is -2.49. The number of alkyl carbamates (subject to hydrolysis) is 2. The third-order valence-corrected chi connectivity index (χ3v) is 13.3. The fourth-order valence-electron chi connectivity index (χ4n) is 9.12. The molecule has 2 atom stereocenters. The van der Waals surface area contributed by atoms with Crippen LogP contribution in [-0.2, 0) is 28.5 Å². The fraction of sp³-hybridized carbons (Fsp3) is 0.448. The number of anilines is 4. The normalized spacial score (nSPS) is 16.7. The van der Waals surface area contributed by atoms with Crippen LogP contribution in [0.4, 0.5) is 62.1 Å². The summed E-state index contributed by atoms with van der Waals surface area (Å²) in [7, 11) is 0. The Bertz CT molecular complexity index is 3200. The zero-order valence-corrected chi connectivity index (χ0v) is 48.9. The number of nitrogens with zero attached hydrogens (tertiary/aromatic N) is 7. The minimum absolute atomic E-state index is 0.0369. The molecular weight excluding hydrogens is 1150 g/mol. The summed E-state index contributed by atoms with van der Waals surface area (Å²) in [6.07, 6.45) is -4.13. The Kier molecular flexibility index (Phi) is 23.0. The number of piperazine rings is 2. The van der Waals surface area contributed by atoms with Gasteiger partial charge in [0.25, 0.3) is 11.4 Å². The number of ether oxygens (including phenoxy) is 4. The molecule has 87 heavy (non-hydrogen) atoms. The van der Waals surface area contributed by atoms with Crippen molar-refractivity contribution in [2.45, 2.75) is 90.6 Å². The predicted molar refractivity (Wildman–Crippen MR) is 311 cm³/mol. The van der Waals surface area contributed by atoms with Gasteiger partial charge in [-0.2, -0.15) is 0 Å². The van der Waals surface area contributed by atoms with Gasteiger partial charge in [0.15, 0.2) is 11.6 Å². The molecule has 27 nitrogen and oxygen atoms in total. The summed E-state index contributed by atoms with van der Waals surface area (Å²) >= 11 is 0. The number of amides is 5. The molecule has 5 amide bonds. The van der Waals surface area contributed by atoms with Gasteiger partial charge in [-0.05, 0) is 77.9 Å². The van der Waals surface area contributed by atoms with E-state index in [2.05, 4.69) is 16.0 Å². The number of carbonyl (C=O) groups excluding carboxylic acids is 7. The van der Waals surface area contributed by atoms with Crippen LogP contribution in [0.1, 0.15) is 87.9 Å². The highest BCUT2D eigenvalue weighted by molar-refractivity contribution is 5.99. The zero-order valence-electron chi connectivity index (χ0n) is 48.9. The molecule has 4 aromatic rings. The van der Waals surface area contributed by atoms with Crippen molar-refractivity contribution in [2.75, 3.05) is 98.1 Å². The number of hydrogen-bond donors (Lipinski definition) is 4. The second-order valence-corrected chi connectivity index (χ2v) is 22.2. The van der Waals surface area contributed by atoms with Crippen molar-refractivity contribution in [3.8, 4) is 0 Å². The molecule has 468 valence electrons. The molecule has 4 aromatic carbocycles. The Labute approximate surface area is 499 Å². The maximum Gasteiger partial charge on any atom is 0.414 e. The van der Waals surface area contributed by atoms with Gasteiger partial charge in [-0.1, -0.05) is 24.3 Å². The van der Waals surface area contributed by atoms with Crippen LogP contribution in [0.5, 0.6) is 0 Å². The van der Waals surface area contributed by atoms with Crippen molar-refractivity contribution in [3.05, 3.63) is 128 Å². The number of nitro groups is 2. The van der Waals surface area contributed by atoms with E-state index in [0.717, 1.165) is 32.2 Å². The van der Waals surface area contributed by atoms with E-state index in [1.54, 1.807) is 75.6 Å². The van der Waals surface area contributed by atoms with E-state index < -0.39 is 75.2 Å². The van der Waals surface area contributed by atoms with Gasteiger partial charge < -0.3 is 54.7 Å². The number of Topliss-reactive ketones (excluding diaryl/α,β-unsaturated/α-hetero) is 2. The van der Waals surface area contributed by atoms with Crippen LogP contribution >= 0.6 is 0 Å². The largest absolute Gasteiger partial charge is 0.481 e. The second kappa shape index (κ2) is 30.0. The number of nitrogens with one attached hydrogen (secondary N) is 3. The SMILES string of the molecule is CC(C)(C)OC(=O)NC[C@H]1CN(c2ccc(N3CCN(C(=O)CCC(=O)c4cccc([N+](=O)[O-])c4)CC3)c(F)c2)C(=O)O1.CC(C)(C)OC(=O)NC[C@H]1CN(c2ccc(N3CCNCC3)c(F)c2)C(=O)O1.O=C(O)CCC(=O)c1cccc([N+](=O)[O-])c1. The molecule has 0 aromatic heterocycles. The van der Waals surface area contributed by atoms with Gasteiger partial charge in [0.2, 0.25) is 5.91 Å². The number of nitro benzene ring substituents is 2. The Morgan fingerprint density at radius 3 is 1.41 bits per heavy atom. The van der Waals surface area contributed by atoms with Crippen LogP contribution in [0.25, 0.3) is 0 Å². The van der Waals surface area contributed by atoms with Gasteiger partial charge >= 0.3 is 30.3 Å². The molecule has 0 saturated carbocycles. The number of benzene rings is 4. The van der Waals surface area contributed by atoms with Crippen LogP contribution in [-0.4, -0.2) is 170 Å². The van der Waals surface area contributed by atoms with Gasteiger partial charge in [0.05, 0.1) is 65.2 Å². The summed E-state index contributed by atoms with van der Waals surface area (Å²) in [6.45, 7) is 15.5. The lowest BCUT2D eigenvalue weighted by atomic mass is 10.1. The highest BCUT2D eigenvalue weighted by Gasteiger charge is 2.36. The summed E-state index contributed by atoms with van der Waals surface area (Å²) in [5, 5.41) is 38.2. The Morgan fingerprint density at radius 1 is 0.609 bits per heavy atom. The van der Waals surface area contributed by atoms with Crippen molar-refractivity contribution in [1.29, 1.82) is 0 Å². The van der Waals surface area contributed by atoms with E-state index in [1.165, 1.54) is 64.4 Å². The Morgan fingerprint density at radius 2 is 1.02 bits per heavy atom. The summed E-state index contributed by atoms with van der Waals surface area (Å²) < 4.78 is 50.7. The Hall–Kier alpha value is -9.54. The molecule has 0 spiro atoms. The molecule has 4 aliphatic heterocycles. The maximum atomic E-state index is 15.2. The molecule has 29 heteroatoms. The number of aliphatic carboxylic acids is 1. The van der Waals surface area contributed by atoms with Crippen molar-refractivity contribution in [2.24, 2.45) is 0 Å². The minimum atomic E-state index is -1.07. The number of carboxylic acid groups (broad SMARTS) is 1. The predicted octanol–water partition coefficient (Wildman–Crippen LogP) is 7.62. The van der Waals surface area contributed by atoms with E-state index in [1.807, 2.05) is 4.90 Å². The van der Waals surface area contributed by atoms with Gasteiger partial charge in [0, 0.05) is 107 Å². The standard InChI is InChI=1S/C29H34FN5O8.C19H27FN4O4.C10H9NO5/c1-29(2,3)43-27(38)31-17-22-18-34(28(39)42-22)20-7-8-24(23(30)16-20)32-11-13-33(14-12-32)26(37)10-9-25(36)19-5-4-6-21(15-19)35(40)41;1-19(2,3)28-17(25)22-11-14-12-24(18(26)27-14)13-4-5-16(15(20)10-13)23-8-6-21-7-9-23;12-9(4-5-10(13)14)7-2-1-3-8(6-7)11(15)16/h4-8,15-16,22H,9-14,17-18H2,1-3H3,(H,31,38);4-5,10,14,21H,6-9,11-12H2,1-3H3,(H,22,25);1-3,6H,4-5H2,(H,13,14)/t22-;14-;/m00./s1. The molecule has 4 aliphatic rings. The molecular formula is C58H70F2N10O17. The van der Waals surface area contributed by atoms with E-state index in [9.17, 15) is 63.0 Å². The van der Waals surface area contributed by atoms with Crippen molar-refractivity contribution in [3.63, 3.8) is 0 Å². The van der Waals surface area contributed by atoms with E-state index >= 15 is 4.39 Å². The van der Waals surface area contributed by atoms with Gasteiger partial charge in [-0.25, -0.2) is 28.0 Å². The second-order valence-electron chi connectivity index (χ2n) is 22.2. The molecule has 4 N–H and O–H groups in total. The van der Waals surface area contributed by atoms with E-state index in [4.69, 9.17) is 24.1 Å². The summed E-state index contributed by atoms with van der Waals surface area (Å²) in [5.74, 6) is -2.97. The van der Waals surface area contributed by atoms with E-state index in [0.29, 0.717) is 48.9 Å². The zero-order chi connectivity index (χ0) is 63.8. The number of hydrogen-bond acceptors (Lipinski definition) is 19. The van der Waals surface area contributed by atoms with Crippen molar-refractivity contribution < 1.29 is 81.0 Å². The first-order valence-electron chi connectivity index (χ1n) is 27.8. The maximum absolute atomic E-state index is 15.2. The minimum Gasteiger partial charge on any atom is -0.481 e. The van der Waals surface area contributed by atoms with Crippen molar-refractivity contribution in [1.82, 2.24) is 20.9 Å². The fourth-order valence-corrected chi connectivity index (χ4v) is 9.12. The van der Waals surface area contributed by atoms with Gasteiger partial charge in [-0.15, -0.1) is 0 Å². The number of carboxylic acids is 1. The lowest BCUT2D eigenvalue weighted by molar-refractivity contribution is -0.385. The first-order chi connectivity index (χ1) is 41.0. The number of halogens is 2. The first-order valence-corrected chi connectivity index (χ1v) is 27.8. The topological polar surface area (TPSA) is 332 Å². The summed E-state index contributed by atoms with van der Waals surface area (Å²) in [6, 6.07) is 19.8. The van der Waals surface area contributed by atoms with Gasteiger partial charge in [-0.3, -0.25) is 49.2 Å². The van der Waals surface area contributed by atoms with Crippen LogP contribution < -0.4 is 35.6 Å². The molecule has 0 aliphatic carbocycles. The van der Waals surface area contributed by atoms with Crippen LogP contribution in [0.3, 0.4) is 0 Å². The molecule has 0 bridgehead atoms. The van der Waals surface area contributed by atoms with Crippen LogP contribution in [0.2, 0.25) is 0 Å². The molecule has 0 radical (unpaired) electrons. The average molecular weight is 1220 g/mol. The van der Waals surface area contributed by atoms with Crippen LogP contribution in [0.15, 0.2) is 84.9 Å². The number of rotatable bonds is 18. The molecule has 8 rings (SSSR count). The number of ketones is 2. The third-order valence-electron chi connectivity index (χ3n) is 13.3. The first kappa shape index (κ1) is 66.6.